The molecule has 0 saturated heterocycles. The number of carbonyl (C=O) groups excluding carboxylic acids is 1. The van der Waals surface area contributed by atoms with Crippen molar-refractivity contribution >= 4 is 27.5 Å². The van der Waals surface area contributed by atoms with E-state index in [-0.39, 0.29) is 22.8 Å². The van der Waals surface area contributed by atoms with Crippen LogP contribution in [0.1, 0.15) is 54.5 Å². The topological polar surface area (TPSA) is 144 Å². The van der Waals surface area contributed by atoms with Crippen molar-refractivity contribution in [3.05, 3.63) is 57.0 Å². The zero-order valence-electron chi connectivity index (χ0n) is 18.7. The first-order valence-electron chi connectivity index (χ1n) is 10.8. The first-order valence-corrected chi connectivity index (χ1v) is 12.3. The standard InChI is InChI=1S/C23H27N5O4S/c1-15-19(16(2)26-23(30)20(15)14-24)10-11-22(29)27-17-7-6-8-18(13-17)33(31,32)28-21-9-4-3-5-12-25-21/h6-8,13H,3-5,9-12H2,1-2H3,(H,25,28)(H,26,30)(H,27,29). The number of benzene rings is 1. The van der Waals surface area contributed by atoms with Crippen LogP contribution in [0.25, 0.3) is 0 Å². The fourth-order valence-corrected chi connectivity index (χ4v) is 4.93. The van der Waals surface area contributed by atoms with Crippen molar-refractivity contribution in [1.82, 2.24) is 9.71 Å². The Bertz CT molecular complexity index is 1290. The number of nitrogens with one attached hydrogen (secondary N) is 3. The van der Waals surface area contributed by atoms with Gasteiger partial charge in [-0.1, -0.05) is 12.5 Å². The van der Waals surface area contributed by atoms with Crippen LogP contribution in [0.15, 0.2) is 38.9 Å². The average Bonchev–Trinajstić information content (AvgIpc) is 3.02. The molecular formula is C23H27N5O4S. The second-order valence-electron chi connectivity index (χ2n) is 7.99. The molecule has 0 aliphatic carbocycles. The van der Waals surface area contributed by atoms with Crippen LogP contribution >= 0.6 is 0 Å². The number of hydrogen-bond donors (Lipinski definition) is 3. The number of amides is 1. The molecule has 33 heavy (non-hydrogen) atoms. The molecule has 1 aromatic carbocycles. The van der Waals surface area contributed by atoms with Gasteiger partial charge in [0.25, 0.3) is 15.6 Å². The van der Waals surface area contributed by atoms with E-state index in [1.54, 1.807) is 26.0 Å². The normalized spacial score (nSPS) is 14.0. The molecule has 0 radical (unpaired) electrons. The Labute approximate surface area is 193 Å². The van der Waals surface area contributed by atoms with Gasteiger partial charge in [-0.25, -0.2) is 8.42 Å². The van der Waals surface area contributed by atoms with Gasteiger partial charge in [-0.3, -0.25) is 19.3 Å². The van der Waals surface area contributed by atoms with Crippen LogP contribution in [-0.4, -0.2) is 31.7 Å². The summed E-state index contributed by atoms with van der Waals surface area (Å²) in [4.78, 5) is 31.4. The zero-order chi connectivity index (χ0) is 24.0. The Hall–Kier alpha value is -3.45. The molecule has 0 fully saturated rings. The second-order valence-corrected chi connectivity index (χ2v) is 9.67. The third-order valence-corrected chi connectivity index (χ3v) is 6.96. The van der Waals surface area contributed by atoms with E-state index in [9.17, 15) is 23.3 Å². The van der Waals surface area contributed by atoms with Crippen LogP contribution in [-0.2, 0) is 21.2 Å². The molecule has 10 heteroatoms. The summed E-state index contributed by atoms with van der Waals surface area (Å²) in [6.07, 6.45) is 3.88. The summed E-state index contributed by atoms with van der Waals surface area (Å²) in [5.74, 6) is 0.152. The van der Waals surface area contributed by atoms with Crippen LogP contribution in [0, 0.1) is 25.2 Å². The smallest absolute Gasteiger partial charge is 0.266 e. The Kier molecular flexibility index (Phi) is 7.66. The molecule has 0 saturated carbocycles. The van der Waals surface area contributed by atoms with Crippen LogP contribution < -0.4 is 15.6 Å². The molecule has 1 aliphatic heterocycles. The summed E-state index contributed by atoms with van der Waals surface area (Å²) in [6.45, 7) is 4.02. The first-order chi connectivity index (χ1) is 15.7. The highest BCUT2D eigenvalue weighted by molar-refractivity contribution is 7.90. The Balaban J connectivity index is 1.68. The molecule has 1 aliphatic rings. The van der Waals surface area contributed by atoms with Gasteiger partial charge in [0, 0.05) is 30.8 Å². The number of rotatable bonds is 6. The van der Waals surface area contributed by atoms with Gasteiger partial charge >= 0.3 is 0 Å². The molecule has 1 aromatic heterocycles. The van der Waals surface area contributed by atoms with Gasteiger partial charge in [-0.15, -0.1) is 0 Å². The second kappa shape index (κ2) is 10.4. The molecule has 2 heterocycles. The SMILES string of the molecule is Cc1[nH]c(=O)c(C#N)c(C)c1CCC(=O)Nc1cccc(S(=O)(=O)NC2=NCCCCC2)c1. The molecule has 0 bridgehead atoms. The van der Waals surface area contributed by atoms with Crippen molar-refractivity contribution in [2.24, 2.45) is 4.99 Å². The fraction of sp³-hybridized carbons (Fsp3) is 0.391. The molecule has 0 unspecified atom stereocenters. The maximum absolute atomic E-state index is 12.8. The summed E-state index contributed by atoms with van der Waals surface area (Å²) in [6, 6.07) is 7.94. The maximum atomic E-state index is 12.8. The summed E-state index contributed by atoms with van der Waals surface area (Å²) >= 11 is 0. The van der Waals surface area contributed by atoms with Crippen molar-refractivity contribution in [2.45, 2.75) is 57.3 Å². The number of sulfonamides is 1. The third-order valence-electron chi connectivity index (χ3n) is 5.58. The number of anilines is 1. The first kappa shape index (κ1) is 24.2. The fourth-order valence-electron chi connectivity index (χ4n) is 3.79. The Morgan fingerprint density at radius 3 is 2.79 bits per heavy atom. The molecule has 1 amide bonds. The highest BCUT2D eigenvalue weighted by Gasteiger charge is 2.18. The number of amidine groups is 1. The number of nitrogens with zero attached hydrogens (tertiary/aromatic N) is 2. The van der Waals surface area contributed by atoms with Crippen molar-refractivity contribution in [3.8, 4) is 6.07 Å². The molecular weight excluding hydrogens is 442 g/mol. The van der Waals surface area contributed by atoms with Crippen LogP contribution in [0.5, 0.6) is 0 Å². The third kappa shape index (κ3) is 6.08. The summed E-state index contributed by atoms with van der Waals surface area (Å²) in [5.41, 5.74) is 1.88. The quantitative estimate of drug-likeness (QED) is 0.596. The van der Waals surface area contributed by atoms with Gasteiger partial charge in [-0.2, -0.15) is 5.26 Å². The van der Waals surface area contributed by atoms with E-state index < -0.39 is 15.6 Å². The molecule has 174 valence electrons. The number of aromatic amines is 1. The number of aliphatic imine (C=N–C) groups is 1. The predicted molar refractivity (Wildman–Crippen MR) is 126 cm³/mol. The Morgan fingerprint density at radius 2 is 2.03 bits per heavy atom. The minimum atomic E-state index is -3.81. The van der Waals surface area contributed by atoms with Gasteiger partial charge in [0.1, 0.15) is 17.5 Å². The van der Waals surface area contributed by atoms with Gasteiger partial charge in [0.2, 0.25) is 5.91 Å². The van der Waals surface area contributed by atoms with E-state index >= 15 is 0 Å². The van der Waals surface area contributed by atoms with E-state index in [4.69, 9.17) is 0 Å². The predicted octanol–water partition coefficient (Wildman–Crippen LogP) is 2.69. The summed E-state index contributed by atoms with van der Waals surface area (Å²) < 4.78 is 28.1. The highest BCUT2D eigenvalue weighted by Crippen LogP contribution is 2.18. The molecule has 3 N–H and O–H groups in total. The molecule has 0 spiro atoms. The summed E-state index contributed by atoms with van der Waals surface area (Å²) in [7, 11) is -3.81. The number of aromatic nitrogens is 1. The van der Waals surface area contributed by atoms with Crippen LogP contribution in [0.4, 0.5) is 5.69 Å². The van der Waals surface area contributed by atoms with Gasteiger partial charge in [-0.05, 0) is 62.4 Å². The number of carbonyl (C=O) groups is 1. The monoisotopic (exact) mass is 469 g/mol. The van der Waals surface area contributed by atoms with Gasteiger partial charge < -0.3 is 10.3 Å². The maximum Gasteiger partial charge on any atom is 0.266 e. The lowest BCUT2D eigenvalue weighted by Crippen LogP contribution is -2.30. The largest absolute Gasteiger partial charge is 0.326 e. The molecule has 2 aromatic rings. The lowest BCUT2D eigenvalue weighted by molar-refractivity contribution is -0.116. The number of nitriles is 1. The molecule has 0 atom stereocenters. The zero-order valence-corrected chi connectivity index (χ0v) is 19.5. The highest BCUT2D eigenvalue weighted by atomic mass is 32.2. The number of hydrogen-bond acceptors (Lipinski definition) is 6. The van der Waals surface area contributed by atoms with Gasteiger partial charge in [0.05, 0.1) is 4.90 Å². The van der Waals surface area contributed by atoms with Gasteiger partial charge in [0.15, 0.2) is 0 Å². The number of pyridine rings is 1. The summed E-state index contributed by atoms with van der Waals surface area (Å²) in [5, 5.41) is 11.9. The Morgan fingerprint density at radius 1 is 1.24 bits per heavy atom. The van der Waals surface area contributed by atoms with Crippen molar-refractivity contribution in [2.75, 3.05) is 11.9 Å². The lowest BCUT2D eigenvalue weighted by atomic mass is 9.99. The van der Waals surface area contributed by atoms with Crippen LogP contribution in [0.2, 0.25) is 0 Å². The van der Waals surface area contributed by atoms with Crippen molar-refractivity contribution in [3.63, 3.8) is 0 Å². The van der Waals surface area contributed by atoms with Crippen molar-refractivity contribution < 1.29 is 13.2 Å². The minimum absolute atomic E-state index is 0.0400. The number of aryl methyl sites for hydroxylation is 1. The molecule has 3 rings (SSSR count). The van der Waals surface area contributed by atoms with E-state index in [0.29, 0.717) is 42.2 Å². The average molecular weight is 470 g/mol. The van der Waals surface area contributed by atoms with E-state index in [1.165, 1.54) is 12.1 Å². The van der Waals surface area contributed by atoms with E-state index in [1.807, 2.05) is 6.07 Å². The van der Waals surface area contributed by atoms with E-state index in [0.717, 1.165) is 24.8 Å². The van der Waals surface area contributed by atoms with Crippen LogP contribution in [0.3, 0.4) is 0 Å². The molecule has 9 nitrogen and oxygen atoms in total. The van der Waals surface area contributed by atoms with Crippen molar-refractivity contribution in [1.29, 1.82) is 5.26 Å². The lowest BCUT2D eigenvalue weighted by Gasteiger charge is -2.12. The van der Waals surface area contributed by atoms with E-state index in [2.05, 4.69) is 20.0 Å². The minimum Gasteiger partial charge on any atom is -0.326 e. The number of H-pyrrole nitrogens is 1.